The number of ether oxygens (including phenoxy) is 1. The fourth-order valence-electron chi connectivity index (χ4n) is 1.26. The molecule has 0 fully saturated rings. The Labute approximate surface area is 124 Å². The van der Waals surface area contributed by atoms with Crippen molar-refractivity contribution in [3.63, 3.8) is 0 Å². The van der Waals surface area contributed by atoms with Crippen LogP contribution in [0.25, 0.3) is 0 Å². The third kappa shape index (κ3) is 6.21. The van der Waals surface area contributed by atoms with Gasteiger partial charge >= 0.3 is 0 Å². The first-order valence-electron chi connectivity index (χ1n) is 5.90. The van der Waals surface area contributed by atoms with E-state index in [9.17, 15) is 0 Å². The SMILES string of the molecule is CCCNC(=S)NNC(=S)Nc1cccc(OC)c1. The van der Waals surface area contributed by atoms with E-state index < -0.39 is 0 Å². The molecule has 0 unspecified atom stereocenters. The van der Waals surface area contributed by atoms with Gasteiger partial charge in [-0.25, -0.2) is 0 Å². The van der Waals surface area contributed by atoms with Crippen molar-refractivity contribution in [2.24, 2.45) is 0 Å². The molecule has 0 aliphatic carbocycles. The maximum Gasteiger partial charge on any atom is 0.189 e. The van der Waals surface area contributed by atoms with E-state index in [4.69, 9.17) is 29.2 Å². The van der Waals surface area contributed by atoms with Crippen LogP contribution < -0.4 is 26.2 Å². The van der Waals surface area contributed by atoms with Crippen molar-refractivity contribution in [2.75, 3.05) is 19.0 Å². The first kappa shape index (κ1) is 15.5. The molecule has 0 radical (unpaired) electrons. The monoisotopic (exact) mass is 298 g/mol. The van der Waals surface area contributed by atoms with Gasteiger partial charge in [0.05, 0.1) is 7.11 Å². The second-order valence-corrected chi connectivity index (χ2v) is 4.51. The first-order valence-corrected chi connectivity index (χ1v) is 6.72. The van der Waals surface area contributed by atoms with E-state index in [0.717, 1.165) is 24.4 Å². The third-order valence-corrected chi connectivity index (χ3v) is 2.60. The summed E-state index contributed by atoms with van der Waals surface area (Å²) >= 11 is 10.2. The number of nitrogens with one attached hydrogen (secondary N) is 4. The van der Waals surface area contributed by atoms with Crippen molar-refractivity contribution in [1.82, 2.24) is 16.2 Å². The van der Waals surface area contributed by atoms with Gasteiger partial charge < -0.3 is 15.4 Å². The molecular formula is C12H18N4OS2. The zero-order valence-electron chi connectivity index (χ0n) is 10.9. The highest BCUT2D eigenvalue weighted by molar-refractivity contribution is 7.80. The number of thiocarbonyl (C=S) groups is 2. The Balaban J connectivity index is 2.36. The van der Waals surface area contributed by atoms with Gasteiger partial charge in [0.25, 0.3) is 0 Å². The standard InChI is InChI=1S/C12H18N4OS2/c1-3-7-13-11(18)15-16-12(19)14-9-5-4-6-10(8-9)17-2/h4-6,8H,3,7H2,1-2H3,(H2,13,15,18)(H2,14,16,19). The zero-order chi connectivity index (χ0) is 14.1. The molecule has 0 heterocycles. The summed E-state index contributed by atoms with van der Waals surface area (Å²) < 4.78 is 5.13. The Morgan fingerprint density at radius 2 is 1.95 bits per heavy atom. The van der Waals surface area contributed by atoms with E-state index in [-0.39, 0.29) is 0 Å². The summed E-state index contributed by atoms with van der Waals surface area (Å²) in [7, 11) is 1.62. The Morgan fingerprint density at radius 1 is 1.21 bits per heavy atom. The Hall–Kier alpha value is -1.60. The number of methoxy groups -OCH3 is 1. The Morgan fingerprint density at radius 3 is 2.63 bits per heavy atom. The molecule has 104 valence electrons. The van der Waals surface area contributed by atoms with Gasteiger partial charge in [-0.05, 0) is 43.0 Å². The number of benzene rings is 1. The number of hydrogen-bond acceptors (Lipinski definition) is 3. The summed E-state index contributed by atoms with van der Waals surface area (Å²) in [6.45, 7) is 2.89. The van der Waals surface area contributed by atoms with Gasteiger partial charge in [0.1, 0.15) is 5.75 Å². The normalized spacial score (nSPS) is 9.37. The lowest BCUT2D eigenvalue weighted by molar-refractivity contribution is 0.415. The van der Waals surface area contributed by atoms with Crippen molar-refractivity contribution >= 4 is 40.3 Å². The molecule has 5 nitrogen and oxygen atoms in total. The van der Waals surface area contributed by atoms with Gasteiger partial charge in [0.15, 0.2) is 10.2 Å². The molecule has 0 aliphatic rings. The van der Waals surface area contributed by atoms with Crippen LogP contribution in [0.4, 0.5) is 5.69 Å². The van der Waals surface area contributed by atoms with Crippen LogP contribution in [0.1, 0.15) is 13.3 Å². The maximum atomic E-state index is 5.13. The maximum absolute atomic E-state index is 5.13. The molecule has 0 bridgehead atoms. The van der Waals surface area contributed by atoms with E-state index in [1.165, 1.54) is 0 Å². The molecule has 7 heteroatoms. The van der Waals surface area contributed by atoms with E-state index >= 15 is 0 Å². The number of hydrazine groups is 1. The number of anilines is 1. The lowest BCUT2D eigenvalue weighted by Crippen LogP contribution is -2.48. The topological polar surface area (TPSA) is 57.3 Å². The average molecular weight is 298 g/mol. The van der Waals surface area contributed by atoms with E-state index in [1.54, 1.807) is 7.11 Å². The van der Waals surface area contributed by atoms with Crippen LogP contribution in [0.2, 0.25) is 0 Å². The first-order chi connectivity index (χ1) is 9.15. The van der Waals surface area contributed by atoms with E-state index in [2.05, 4.69) is 28.4 Å². The summed E-state index contributed by atoms with van der Waals surface area (Å²) in [5.41, 5.74) is 6.44. The largest absolute Gasteiger partial charge is 0.497 e. The molecule has 19 heavy (non-hydrogen) atoms. The predicted octanol–water partition coefficient (Wildman–Crippen LogP) is 1.77. The second-order valence-electron chi connectivity index (χ2n) is 3.69. The molecule has 0 saturated heterocycles. The molecule has 0 saturated carbocycles. The summed E-state index contributed by atoms with van der Waals surface area (Å²) in [4.78, 5) is 0. The Bertz CT molecular complexity index is 439. The highest BCUT2D eigenvalue weighted by atomic mass is 32.1. The molecule has 0 spiro atoms. The molecule has 0 amide bonds. The average Bonchev–Trinajstić information content (AvgIpc) is 2.43. The number of hydrogen-bond donors (Lipinski definition) is 4. The van der Waals surface area contributed by atoms with Gasteiger partial charge in [0, 0.05) is 18.3 Å². The van der Waals surface area contributed by atoms with Crippen LogP contribution in [0.3, 0.4) is 0 Å². The van der Waals surface area contributed by atoms with Crippen molar-refractivity contribution in [3.05, 3.63) is 24.3 Å². The minimum Gasteiger partial charge on any atom is -0.497 e. The minimum atomic E-state index is 0.425. The van der Waals surface area contributed by atoms with Gasteiger partial charge in [0.2, 0.25) is 0 Å². The van der Waals surface area contributed by atoms with Gasteiger partial charge in [-0.1, -0.05) is 13.0 Å². The van der Waals surface area contributed by atoms with Crippen LogP contribution in [0, 0.1) is 0 Å². The highest BCUT2D eigenvalue weighted by Crippen LogP contribution is 2.16. The van der Waals surface area contributed by atoms with Crippen LogP contribution in [0.15, 0.2) is 24.3 Å². The smallest absolute Gasteiger partial charge is 0.189 e. The number of rotatable bonds is 4. The predicted molar refractivity (Wildman–Crippen MR) is 86.4 cm³/mol. The summed E-state index contributed by atoms with van der Waals surface area (Å²) in [6, 6.07) is 7.49. The van der Waals surface area contributed by atoms with Gasteiger partial charge in [-0.15, -0.1) is 0 Å². The summed E-state index contributed by atoms with van der Waals surface area (Å²) in [6.07, 6.45) is 1.01. The van der Waals surface area contributed by atoms with Crippen molar-refractivity contribution in [3.8, 4) is 5.75 Å². The molecule has 1 aromatic carbocycles. The highest BCUT2D eigenvalue weighted by Gasteiger charge is 1.99. The van der Waals surface area contributed by atoms with Crippen molar-refractivity contribution < 1.29 is 4.74 Å². The zero-order valence-corrected chi connectivity index (χ0v) is 12.6. The summed E-state index contributed by atoms with van der Waals surface area (Å²) in [5, 5.41) is 6.97. The third-order valence-electron chi connectivity index (χ3n) is 2.15. The molecule has 1 rings (SSSR count). The lowest BCUT2D eigenvalue weighted by atomic mass is 10.3. The second kappa shape index (κ2) is 8.49. The molecule has 1 aromatic rings. The van der Waals surface area contributed by atoms with Gasteiger partial charge in [-0.3, -0.25) is 10.9 Å². The molecule has 0 aromatic heterocycles. The molecule has 4 N–H and O–H groups in total. The minimum absolute atomic E-state index is 0.425. The van der Waals surface area contributed by atoms with Crippen LogP contribution >= 0.6 is 24.4 Å². The summed E-state index contributed by atoms with van der Waals surface area (Å²) in [5.74, 6) is 0.765. The van der Waals surface area contributed by atoms with Crippen LogP contribution in [-0.4, -0.2) is 23.9 Å². The fraction of sp³-hybridized carbons (Fsp3) is 0.333. The van der Waals surface area contributed by atoms with Crippen LogP contribution in [0.5, 0.6) is 5.75 Å². The quantitative estimate of drug-likeness (QED) is 0.499. The molecular weight excluding hydrogens is 280 g/mol. The van der Waals surface area contributed by atoms with Crippen LogP contribution in [-0.2, 0) is 0 Å². The van der Waals surface area contributed by atoms with E-state index in [0.29, 0.717) is 10.2 Å². The molecule has 0 atom stereocenters. The van der Waals surface area contributed by atoms with Gasteiger partial charge in [-0.2, -0.15) is 0 Å². The Kier molecular flexibility index (Phi) is 6.91. The van der Waals surface area contributed by atoms with E-state index in [1.807, 2.05) is 24.3 Å². The van der Waals surface area contributed by atoms with Crippen molar-refractivity contribution in [2.45, 2.75) is 13.3 Å². The van der Waals surface area contributed by atoms with Crippen molar-refractivity contribution in [1.29, 1.82) is 0 Å². The fourth-order valence-corrected chi connectivity index (χ4v) is 1.58. The lowest BCUT2D eigenvalue weighted by Gasteiger charge is -2.14. The molecule has 0 aliphatic heterocycles.